The lowest BCUT2D eigenvalue weighted by atomic mass is 10.1. The van der Waals surface area contributed by atoms with Gasteiger partial charge in [0.2, 0.25) is 0 Å². The SMILES string of the molecule is Cc1ccc(-c2nn(-c3ccc(F)cc3)cc2/C=N\NC(=O)c2cccs2)cc1. The van der Waals surface area contributed by atoms with Crippen molar-refractivity contribution in [1.29, 1.82) is 0 Å². The van der Waals surface area contributed by atoms with E-state index in [1.807, 2.05) is 42.6 Å². The van der Waals surface area contributed by atoms with E-state index in [0.29, 0.717) is 10.6 Å². The number of hydrogen-bond acceptors (Lipinski definition) is 4. The van der Waals surface area contributed by atoms with Crippen LogP contribution in [0.1, 0.15) is 20.8 Å². The standard InChI is InChI=1S/C22H17FN4OS/c1-15-4-6-16(7-5-15)21-17(13-24-25-22(28)20-3-2-12-29-20)14-27(26-21)19-10-8-18(23)9-11-19/h2-14H,1H3,(H,25,28)/b24-13-. The molecule has 0 saturated carbocycles. The lowest BCUT2D eigenvalue weighted by molar-refractivity contribution is 0.0959. The third kappa shape index (κ3) is 4.30. The predicted octanol–water partition coefficient (Wildman–Crippen LogP) is 4.81. The van der Waals surface area contributed by atoms with Crippen LogP contribution in [0.25, 0.3) is 16.9 Å². The second-order valence-corrected chi connectivity index (χ2v) is 7.34. The number of aromatic nitrogens is 2. The molecule has 0 bridgehead atoms. The van der Waals surface area contributed by atoms with Gasteiger partial charge in [-0.2, -0.15) is 10.2 Å². The second kappa shape index (κ2) is 8.20. The summed E-state index contributed by atoms with van der Waals surface area (Å²) >= 11 is 1.35. The van der Waals surface area contributed by atoms with Crippen molar-refractivity contribution in [3.05, 3.63) is 94.1 Å². The van der Waals surface area contributed by atoms with Crippen LogP contribution >= 0.6 is 11.3 Å². The molecule has 4 rings (SSSR count). The Morgan fingerprint density at radius 2 is 1.90 bits per heavy atom. The van der Waals surface area contributed by atoms with Crippen LogP contribution in [0, 0.1) is 12.7 Å². The number of carbonyl (C=O) groups excluding carboxylic acids is 1. The van der Waals surface area contributed by atoms with E-state index in [0.717, 1.165) is 22.4 Å². The fraction of sp³-hybridized carbons (Fsp3) is 0.0455. The zero-order valence-corrected chi connectivity index (χ0v) is 16.4. The molecule has 2 aromatic carbocycles. The Hall–Kier alpha value is -3.58. The molecule has 0 radical (unpaired) electrons. The lowest BCUT2D eigenvalue weighted by Gasteiger charge is -2.01. The van der Waals surface area contributed by atoms with Gasteiger partial charge in [0.1, 0.15) is 11.5 Å². The molecular formula is C22H17FN4OS. The lowest BCUT2D eigenvalue weighted by Crippen LogP contribution is -2.16. The summed E-state index contributed by atoms with van der Waals surface area (Å²) in [6, 6.07) is 17.6. The maximum atomic E-state index is 13.3. The summed E-state index contributed by atoms with van der Waals surface area (Å²) < 4.78 is 14.9. The summed E-state index contributed by atoms with van der Waals surface area (Å²) in [4.78, 5) is 12.7. The van der Waals surface area contributed by atoms with Gasteiger partial charge in [-0.15, -0.1) is 11.3 Å². The van der Waals surface area contributed by atoms with Gasteiger partial charge in [-0.3, -0.25) is 4.79 Å². The quantitative estimate of drug-likeness (QED) is 0.383. The van der Waals surface area contributed by atoms with Crippen molar-refractivity contribution >= 4 is 23.5 Å². The van der Waals surface area contributed by atoms with Crippen LogP contribution in [0.3, 0.4) is 0 Å². The maximum Gasteiger partial charge on any atom is 0.281 e. The second-order valence-electron chi connectivity index (χ2n) is 6.40. The Balaban J connectivity index is 1.66. The minimum Gasteiger partial charge on any atom is -0.266 e. The Bertz CT molecular complexity index is 1150. The van der Waals surface area contributed by atoms with E-state index in [1.165, 1.54) is 23.5 Å². The molecule has 144 valence electrons. The van der Waals surface area contributed by atoms with Gasteiger partial charge >= 0.3 is 0 Å². The number of benzene rings is 2. The van der Waals surface area contributed by atoms with Crippen LogP contribution in [-0.2, 0) is 0 Å². The van der Waals surface area contributed by atoms with E-state index in [4.69, 9.17) is 0 Å². The molecule has 4 aromatic rings. The molecule has 2 heterocycles. The van der Waals surface area contributed by atoms with Gasteiger partial charge in [0.05, 0.1) is 16.8 Å². The summed E-state index contributed by atoms with van der Waals surface area (Å²) in [7, 11) is 0. The number of thiophene rings is 1. The van der Waals surface area contributed by atoms with E-state index in [2.05, 4.69) is 15.6 Å². The fourth-order valence-electron chi connectivity index (χ4n) is 2.77. The average molecular weight is 404 g/mol. The van der Waals surface area contributed by atoms with Gasteiger partial charge in [-0.05, 0) is 42.6 Å². The molecule has 29 heavy (non-hydrogen) atoms. The summed E-state index contributed by atoms with van der Waals surface area (Å²) in [6.45, 7) is 2.02. The monoisotopic (exact) mass is 404 g/mol. The summed E-state index contributed by atoms with van der Waals surface area (Å²) in [5.41, 5.74) is 6.76. The van der Waals surface area contributed by atoms with Gasteiger partial charge in [-0.25, -0.2) is 14.5 Å². The van der Waals surface area contributed by atoms with E-state index >= 15 is 0 Å². The van der Waals surface area contributed by atoms with Gasteiger partial charge in [0.15, 0.2) is 0 Å². The molecule has 0 unspecified atom stereocenters. The maximum absolute atomic E-state index is 13.3. The molecule has 7 heteroatoms. The third-order valence-corrected chi connectivity index (χ3v) is 5.14. The molecule has 1 N–H and O–H groups in total. The highest BCUT2D eigenvalue weighted by molar-refractivity contribution is 7.12. The molecule has 0 aliphatic heterocycles. The van der Waals surface area contributed by atoms with Crippen LogP contribution in [0.4, 0.5) is 4.39 Å². The Morgan fingerprint density at radius 1 is 1.14 bits per heavy atom. The molecule has 5 nitrogen and oxygen atoms in total. The number of rotatable bonds is 5. The van der Waals surface area contributed by atoms with Crippen LogP contribution < -0.4 is 5.43 Å². The number of nitrogens with zero attached hydrogens (tertiary/aromatic N) is 3. The Kier molecular flexibility index (Phi) is 5.31. The van der Waals surface area contributed by atoms with E-state index < -0.39 is 0 Å². The minimum absolute atomic E-state index is 0.265. The van der Waals surface area contributed by atoms with E-state index in [9.17, 15) is 9.18 Å². The van der Waals surface area contributed by atoms with Crippen molar-refractivity contribution < 1.29 is 9.18 Å². The largest absolute Gasteiger partial charge is 0.281 e. The highest BCUT2D eigenvalue weighted by Gasteiger charge is 2.12. The first-order chi connectivity index (χ1) is 14.1. The molecule has 0 spiro atoms. The number of hydrazone groups is 1. The summed E-state index contributed by atoms with van der Waals surface area (Å²) in [6.07, 6.45) is 3.36. The first-order valence-corrected chi connectivity index (χ1v) is 9.78. The van der Waals surface area contributed by atoms with Gasteiger partial charge in [0, 0.05) is 17.3 Å². The smallest absolute Gasteiger partial charge is 0.266 e. The highest BCUT2D eigenvalue weighted by Crippen LogP contribution is 2.23. The Morgan fingerprint density at radius 3 is 2.59 bits per heavy atom. The molecule has 1 amide bonds. The number of amides is 1. The van der Waals surface area contributed by atoms with Crippen molar-refractivity contribution in [2.45, 2.75) is 6.92 Å². The van der Waals surface area contributed by atoms with Crippen molar-refractivity contribution in [3.8, 4) is 16.9 Å². The molecule has 0 atom stereocenters. The van der Waals surface area contributed by atoms with Crippen molar-refractivity contribution in [1.82, 2.24) is 15.2 Å². The van der Waals surface area contributed by atoms with Crippen molar-refractivity contribution in [3.63, 3.8) is 0 Å². The predicted molar refractivity (Wildman–Crippen MR) is 113 cm³/mol. The molecular weight excluding hydrogens is 387 g/mol. The fourth-order valence-corrected chi connectivity index (χ4v) is 3.38. The number of nitrogens with one attached hydrogen (secondary N) is 1. The van der Waals surface area contributed by atoms with Gasteiger partial charge < -0.3 is 0 Å². The zero-order valence-electron chi connectivity index (χ0n) is 15.5. The van der Waals surface area contributed by atoms with Crippen LogP contribution in [0.2, 0.25) is 0 Å². The number of aryl methyl sites for hydroxylation is 1. The topological polar surface area (TPSA) is 59.3 Å². The molecule has 0 aliphatic rings. The van der Waals surface area contributed by atoms with Gasteiger partial charge in [0.25, 0.3) is 5.91 Å². The third-order valence-electron chi connectivity index (χ3n) is 4.27. The highest BCUT2D eigenvalue weighted by atomic mass is 32.1. The molecule has 0 fully saturated rings. The minimum atomic E-state index is -0.308. The van der Waals surface area contributed by atoms with E-state index in [-0.39, 0.29) is 11.7 Å². The molecule has 0 aliphatic carbocycles. The first-order valence-electron chi connectivity index (χ1n) is 8.90. The Labute approximate surface area is 171 Å². The zero-order chi connectivity index (χ0) is 20.2. The van der Waals surface area contributed by atoms with Crippen molar-refractivity contribution in [2.24, 2.45) is 5.10 Å². The molecule has 2 aromatic heterocycles. The summed E-state index contributed by atoms with van der Waals surface area (Å²) in [5, 5.41) is 10.6. The number of hydrogen-bond donors (Lipinski definition) is 1. The van der Waals surface area contributed by atoms with Crippen LogP contribution in [0.15, 0.2) is 77.3 Å². The number of carbonyl (C=O) groups is 1. The van der Waals surface area contributed by atoms with E-state index in [1.54, 1.807) is 35.3 Å². The van der Waals surface area contributed by atoms with Crippen LogP contribution in [-0.4, -0.2) is 21.9 Å². The molecule has 0 saturated heterocycles. The normalized spacial score (nSPS) is 11.1. The van der Waals surface area contributed by atoms with Crippen molar-refractivity contribution in [2.75, 3.05) is 0 Å². The summed E-state index contributed by atoms with van der Waals surface area (Å²) in [5.74, 6) is -0.572. The van der Waals surface area contributed by atoms with Gasteiger partial charge in [-0.1, -0.05) is 35.9 Å². The average Bonchev–Trinajstić information content (AvgIpc) is 3.40. The number of halogens is 1. The first kappa shape index (κ1) is 18.8. The van der Waals surface area contributed by atoms with Crippen LogP contribution in [0.5, 0.6) is 0 Å².